The van der Waals surface area contributed by atoms with Gasteiger partial charge in [0.15, 0.2) is 0 Å². The average molecular weight is 428 g/mol. The molecule has 31 heavy (non-hydrogen) atoms. The topological polar surface area (TPSA) is 69.2 Å². The van der Waals surface area contributed by atoms with Gasteiger partial charge in [-0.05, 0) is 35.6 Å². The summed E-state index contributed by atoms with van der Waals surface area (Å²) in [5.41, 5.74) is 1.69. The third kappa shape index (κ3) is 4.05. The molecule has 0 atom stereocenters. The van der Waals surface area contributed by atoms with E-state index in [1.165, 1.54) is 0 Å². The smallest absolute Gasteiger partial charge is 0.423 e. The first-order valence-corrected chi connectivity index (χ1v) is 9.91. The van der Waals surface area contributed by atoms with E-state index in [9.17, 15) is 13.2 Å². The second kappa shape index (κ2) is 7.49. The lowest BCUT2D eigenvalue weighted by molar-refractivity contribution is -0.142. The van der Waals surface area contributed by atoms with Crippen molar-refractivity contribution in [3.8, 4) is 17.0 Å². The summed E-state index contributed by atoms with van der Waals surface area (Å²) in [6, 6.07) is 11.9. The van der Waals surface area contributed by atoms with Crippen LogP contribution in [0.1, 0.15) is 24.0 Å². The molecule has 1 aliphatic carbocycles. The van der Waals surface area contributed by atoms with Gasteiger partial charge in [-0.25, -0.2) is 4.98 Å². The summed E-state index contributed by atoms with van der Waals surface area (Å²) in [7, 11) is 0. The summed E-state index contributed by atoms with van der Waals surface area (Å²) in [6.07, 6.45) is 0.918. The summed E-state index contributed by atoms with van der Waals surface area (Å²) in [4.78, 5) is 12.1. The number of pyridine rings is 1. The predicted molar refractivity (Wildman–Crippen MR) is 106 cm³/mol. The first kappa shape index (κ1) is 19.7. The highest BCUT2D eigenvalue weighted by molar-refractivity contribution is 5.63. The van der Waals surface area contributed by atoms with Gasteiger partial charge in [-0.15, -0.1) is 0 Å². The highest BCUT2D eigenvalue weighted by Crippen LogP contribution is 2.48. The zero-order valence-electron chi connectivity index (χ0n) is 16.4. The first-order valence-electron chi connectivity index (χ1n) is 9.91. The van der Waals surface area contributed by atoms with Gasteiger partial charge >= 0.3 is 6.18 Å². The number of benzene rings is 1. The maximum absolute atomic E-state index is 13.3. The van der Waals surface area contributed by atoms with E-state index in [1.54, 1.807) is 12.4 Å². The van der Waals surface area contributed by atoms with Crippen LogP contribution in [0.25, 0.3) is 11.1 Å². The van der Waals surface area contributed by atoms with Gasteiger partial charge in [-0.2, -0.15) is 18.2 Å². The number of halogens is 3. The molecule has 3 heterocycles. The van der Waals surface area contributed by atoms with Crippen LogP contribution in [0.4, 0.5) is 19.1 Å². The van der Waals surface area contributed by atoms with Crippen molar-refractivity contribution >= 4 is 5.95 Å². The van der Waals surface area contributed by atoms with Gasteiger partial charge in [0, 0.05) is 18.6 Å². The zero-order chi connectivity index (χ0) is 21.5. The number of aromatic nitrogens is 3. The number of anilines is 1. The zero-order valence-corrected chi connectivity index (χ0v) is 16.4. The third-order valence-corrected chi connectivity index (χ3v) is 5.48. The normalized spacial score (nSPS) is 17.6. The van der Waals surface area contributed by atoms with Crippen LogP contribution in [0, 0.1) is 0 Å². The number of hydrogen-bond acceptors (Lipinski definition) is 6. The number of nitrogens with one attached hydrogen (secondary N) is 1. The first-order chi connectivity index (χ1) is 14.9. The fourth-order valence-corrected chi connectivity index (χ4v) is 3.49. The summed E-state index contributed by atoms with van der Waals surface area (Å²) in [5.74, 6) is -0.363. The Morgan fingerprint density at radius 1 is 1.03 bits per heavy atom. The van der Waals surface area contributed by atoms with Gasteiger partial charge in [0.2, 0.25) is 11.8 Å². The molecule has 2 fully saturated rings. The van der Waals surface area contributed by atoms with Crippen LogP contribution in [-0.4, -0.2) is 34.3 Å². The molecular weight excluding hydrogens is 409 g/mol. The lowest BCUT2D eigenvalue weighted by Gasteiger charge is -2.27. The van der Waals surface area contributed by atoms with Gasteiger partial charge in [0.1, 0.15) is 11.7 Å². The lowest BCUT2D eigenvalue weighted by Crippen LogP contribution is -2.39. The quantitative estimate of drug-likeness (QED) is 0.626. The second-order valence-corrected chi connectivity index (χ2v) is 7.71. The van der Waals surface area contributed by atoms with Crippen molar-refractivity contribution in [1.82, 2.24) is 15.0 Å². The predicted octanol–water partition coefficient (Wildman–Crippen LogP) is 4.44. The van der Waals surface area contributed by atoms with Crippen molar-refractivity contribution in [2.75, 3.05) is 18.5 Å². The molecule has 9 heteroatoms. The summed E-state index contributed by atoms with van der Waals surface area (Å²) < 4.78 is 50.4. The largest absolute Gasteiger partial charge is 0.469 e. The molecule has 3 aromatic rings. The number of hydrogen-bond donors (Lipinski definition) is 1. The number of rotatable bonds is 6. The van der Waals surface area contributed by atoms with E-state index in [0.29, 0.717) is 0 Å². The maximum Gasteiger partial charge on any atom is 0.423 e. The van der Waals surface area contributed by atoms with Crippen LogP contribution in [0.15, 0.2) is 55.0 Å². The molecule has 0 radical (unpaired) electrons. The van der Waals surface area contributed by atoms with Crippen molar-refractivity contribution in [3.05, 3.63) is 66.1 Å². The Labute approximate surface area is 176 Å². The van der Waals surface area contributed by atoms with E-state index in [4.69, 9.17) is 9.47 Å². The van der Waals surface area contributed by atoms with Crippen LogP contribution in [-0.2, 0) is 16.5 Å². The number of ether oxygens (including phenoxy) is 2. The molecular formula is C22H19F3N4O2. The Hall–Kier alpha value is -3.20. The van der Waals surface area contributed by atoms with Gasteiger partial charge in [0.25, 0.3) is 0 Å². The maximum atomic E-state index is 13.3. The fraction of sp³-hybridized carbons (Fsp3) is 0.318. The van der Waals surface area contributed by atoms with Crippen molar-refractivity contribution in [1.29, 1.82) is 0 Å². The molecule has 160 valence electrons. The van der Waals surface area contributed by atoms with E-state index in [-0.39, 0.29) is 19.2 Å². The average Bonchev–Trinajstić information content (AvgIpc) is 3.51. The Kier molecular flexibility index (Phi) is 4.77. The van der Waals surface area contributed by atoms with E-state index in [2.05, 4.69) is 20.3 Å². The fourth-order valence-electron chi connectivity index (χ4n) is 3.49. The Balaban J connectivity index is 1.38. The lowest BCUT2D eigenvalue weighted by atomic mass is 10.0. The van der Waals surface area contributed by atoms with E-state index in [1.807, 2.05) is 36.4 Å². The van der Waals surface area contributed by atoms with Crippen molar-refractivity contribution in [2.24, 2.45) is 0 Å². The standard InChI is InChI=1S/C22H19F3N4O2/c23-22(24,25)18-11-27-20(28-19(18)31-17-12-30-13-17)29-21(7-8-21)16-5-3-14(4-6-16)15-2-1-9-26-10-15/h1-6,9-11,17H,7-8,12-13H2,(H,27,28,29). The second-order valence-electron chi connectivity index (χ2n) is 7.71. The molecule has 0 amide bonds. The molecule has 5 rings (SSSR count). The molecule has 6 nitrogen and oxygen atoms in total. The van der Waals surface area contributed by atoms with Crippen molar-refractivity contribution in [3.63, 3.8) is 0 Å². The van der Waals surface area contributed by atoms with E-state index >= 15 is 0 Å². The van der Waals surface area contributed by atoms with Crippen LogP contribution in [0.3, 0.4) is 0 Å². The van der Waals surface area contributed by atoms with Gasteiger partial charge < -0.3 is 14.8 Å². The Morgan fingerprint density at radius 3 is 2.39 bits per heavy atom. The Bertz CT molecular complexity index is 1070. The van der Waals surface area contributed by atoms with E-state index in [0.717, 1.165) is 35.7 Å². The van der Waals surface area contributed by atoms with E-state index < -0.39 is 29.3 Å². The van der Waals surface area contributed by atoms with Crippen LogP contribution in [0.2, 0.25) is 0 Å². The number of nitrogens with zero attached hydrogens (tertiary/aromatic N) is 3. The molecule has 0 bridgehead atoms. The van der Waals surface area contributed by atoms with Crippen LogP contribution < -0.4 is 10.1 Å². The van der Waals surface area contributed by atoms with Gasteiger partial charge in [-0.1, -0.05) is 30.3 Å². The number of alkyl halides is 3. The highest BCUT2D eigenvalue weighted by Gasteiger charge is 2.45. The van der Waals surface area contributed by atoms with Crippen LogP contribution in [0.5, 0.6) is 5.88 Å². The molecule has 1 saturated carbocycles. The molecule has 0 spiro atoms. The highest BCUT2D eigenvalue weighted by atomic mass is 19.4. The van der Waals surface area contributed by atoms with Crippen LogP contribution >= 0.6 is 0 Å². The molecule has 2 aromatic heterocycles. The third-order valence-electron chi connectivity index (χ3n) is 5.48. The molecule has 1 N–H and O–H groups in total. The summed E-state index contributed by atoms with van der Waals surface area (Å²) >= 11 is 0. The molecule has 1 aliphatic heterocycles. The minimum absolute atomic E-state index is 0.108. The monoisotopic (exact) mass is 428 g/mol. The minimum atomic E-state index is -4.60. The minimum Gasteiger partial charge on any atom is -0.469 e. The molecule has 1 aromatic carbocycles. The molecule has 2 aliphatic rings. The summed E-state index contributed by atoms with van der Waals surface area (Å²) in [5, 5.41) is 3.22. The molecule has 0 unspecified atom stereocenters. The van der Waals surface area contributed by atoms with Crippen molar-refractivity contribution < 1.29 is 22.6 Å². The molecule has 1 saturated heterocycles. The Morgan fingerprint density at radius 2 is 1.81 bits per heavy atom. The van der Waals surface area contributed by atoms with Gasteiger partial charge in [0.05, 0.1) is 18.8 Å². The summed E-state index contributed by atoms with van der Waals surface area (Å²) in [6.45, 7) is 0.495. The SMILES string of the molecule is FC(F)(F)c1cnc(NC2(c3ccc(-c4cccnc4)cc3)CC2)nc1OC1COC1. The van der Waals surface area contributed by atoms with Crippen molar-refractivity contribution in [2.45, 2.75) is 30.7 Å². The van der Waals surface area contributed by atoms with Gasteiger partial charge in [-0.3, -0.25) is 4.98 Å².